The smallest absolute Gasteiger partial charge is 0.410 e. The van der Waals surface area contributed by atoms with E-state index in [1.54, 1.807) is 4.90 Å². The first kappa shape index (κ1) is 19.4. The Kier molecular flexibility index (Phi) is 5.56. The maximum Gasteiger partial charge on any atom is 0.410 e. The standard InChI is InChI=1S/C21H29N3O3/c1-21(2,3)27-20(26)24-11-7-8-16(14-24)22-12-15-13-23(4)18-10-6-5-9-17(18)19(15)25/h5-6,9-10,13,16,22H,7-8,11-12,14H2,1-4H3/t16-/m0/s1. The molecule has 1 saturated heterocycles. The van der Waals surface area contributed by atoms with Crippen molar-refractivity contribution in [1.82, 2.24) is 14.8 Å². The third kappa shape index (κ3) is 4.69. The number of pyridine rings is 1. The molecule has 0 spiro atoms. The van der Waals surface area contributed by atoms with Crippen LogP contribution in [0.3, 0.4) is 0 Å². The van der Waals surface area contributed by atoms with Gasteiger partial charge >= 0.3 is 6.09 Å². The van der Waals surface area contributed by atoms with Gasteiger partial charge in [-0.05, 0) is 45.7 Å². The van der Waals surface area contributed by atoms with Crippen molar-refractivity contribution < 1.29 is 9.53 Å². The highest BCUT2D eigenvalue weighted by Gasteiger charge is 2.27. The van der Waals surface area contributed by atoms with Crippen molar-refractivity contribution >= 4 is 17.0 Å². The second kappa shape index (κ2) is 7.72. The highest BCUT2D eigenvalue weighted by atomic mass is 16.6. The Labute approximate surface area is 160 Å². The molecule has 0 unspecified atom stereocenters. The molecule has 1 aromatic heterocycles. The van der Waals surface area contributed by atoms with E-state index < -0.39 is 5.60 Å². The zero-order chi connectivity index (χ0) is 19.6. The average molecular weight is 371 g/mol. The lowest BCUT2D eigenvalue weighted by molar-refractivity contribution is 0.0187. The van der Waals surface area contributed by atoms with E-state index in [0.717, 1.165) is 29.3 Å². The van der Waals surface area contributed by atoms with Crippen LogP contribution in [0.25, 0.3) is 10.9 Å². The highest BCUT2D eigenvalue weighted by Crippen LogP contribution is 2.16. The molecule has 0 saturated carbocycles. The third-order valence-electron chi connectivity index (χ3n) is 4.82. The van der Waals surface area contributed by atoms with Gasteiger partial charge in [-0.15, -0.1) is 0 Å². The number of hydrogen-bond donors (Lipinski definition) is 1. The normalized spacial score (nSPS) is 17.9. The molecule has 0 bridgehead atoms. The SMILES string of the molecule is Cn1cc(CN[C@H]2CCCN(C(=O)OC(C)(C)C)C2)c(=O)c2ccccc21. The molecular weight excluding hydrogens is 342 g/mol. The lowest BCUT2D eigenvalue weighted by Crippen LogP contribution is -2.49. The van der Waals surface area contributed by atoms with Gasteiger partial charge in [0.05, 0.1) is 5.52 Å². The molecule has 1 N–H and O–H groups in total. The summed E-state index contributed by atoms with van der Waals surface area (Å²) in [4.78, 5) is 26.8. The van der Waals surface area contributed by atoms with Crippen molar-refractivity contribution in [1.29, 1.82) is 0 Å². The van der Waals surface area contributed by atoms with Gasteiger partial charge in [0.2, 0.25) is 0 Å². The molecule has 27 heavy (non-hydrogen) atoms. The molecule has 1 fully saturated rings. The van der Waals surface area contributed by atoms with Crippen LogP contribution < -0.4 is 10.7 Å². The number of aromatic nitrogens is 1. The van der Waals surface area contributed by atoms with E-state index in [2.05, 4.69) is 5.32 Å². The van der Waals surface area contributed by atoms with Gasteiger partial charge < -0.3 is 19.5 Å². The molecule has 0 aliphatic carbocycles. The molecule has 6 nitrogen and oxygen atoms in total. The van der Waals surface area contributed by atoms with Gasteiger partial charge in [-0.25, -0.2) is 4.79 Å². The number of fused-ring (bicyclic) bond motifs is 1. The number of nitrogens with zero attached hydrogens (tertiary/aromatic N) is 2. The lowest BCUT2D eigenvalue weighted by atomic mass is 10.1. The van der Waals surface area contributed by atoms with Gasteiger partial charge in [0.25, 0.3) is 0 Å². The molecule has 2 heterocycles. The summed E-state index contributed by atoms with van der Waals surface area (Å²) < 4.78 is 7.46. The number of para-hydroxylation sites is 1. The van der Waals surface area contributed by atoms with Gasteiger partial charge in [-0.2, -0.15) is 0 Å². The molecule has 1 atom stereocenters. The second-order valence-corrected chi connectivity index (χ2v) is 8.26. The largest absolute Gasteiger partial charge is 0.444 e. The van der Waals surface area contributed by atoms with Crippen molar-refractivity contribution in [3.8, 4) is 0 Å². The fraction of sp³-hybridized carbons (Fsp3) is 0.524. The number of aryl methyl sites for hydroxylation is 1. The number of carbonyl (C=O) groups is 1. The fourth-order valence-electron chi connectivity index (χ4n) is 3.52. The van der Waals surface area contributed by atoms with Crippen molar-refractivity contribution in [2.24, 2.45) is 7.05 Å². The van der Waals surface area contributed by atoms with E-state index in [1.165, 1.54) is 0 Å². The third-order valence-corrected chi connectivity index (χ3v) is 4.82. The van der Waals surface area contributed by atoms with Crippen LogP contribution in [0.15, 0.2) is 35.3 Å². The Morgan fingerprint density at radius 2 is 2.04 bits per heavy atom. The lowest BCUT2D eigenvalue weighted by Gasteiger charge is -2.34. The monoisotopic (exact) mass is 371 g/mol. The predicted molar refractivity (Wildman–Crippen MR) is 107 cm³/mol. The summed E-state index contributed by atoms with van der Waals surface area (Å²) >= 11 is 0. The molecule has 0 radical (unpaired) electrons. The maximum absolute atomic E-state index is 12.7. The molecule has 1 amide bonds. The van der Waals surface area contributed by atoms with Crippen LogP contribution >= 0.6 is 0 Å². The van der Waals surface area contributed by atoms with Crippen LogP contribution in [0.5, 0.6) is 0 Å². The van der Waals surface area contributed by atoms with Gasteiger partial charge in [0, 0.05) is 49.9 Å². The molecule has 1 aromatic carbocycles. The molecule has 146 valence electrons. The minimum Gasteiger partial charge on any atom is -0.444 e. The predicted octanol–water partition coefficient (Wildman–Crippen LogP) is 3.03. The minimum absolute atomic E-state index is 0.0657. The Morgan fingerprint density at radius 1 is 1.30 bits per heavy atom. The summed E-state index contributed by atoms with van der Waals surface area (Å²) in [6, 6.07) is 7.80. The van der Waals surface area contributed by atoms with Crippen molar-refractivity contribution in [2.45, 2.75) is 51.8 Å². The van der Waals surface area contributed by atoms with E-state index in [0.29, 0.717) is 19.6 Å². The number of nitrogens with one attached hydrogen (secondary N) is 1. The van der Waals surface area contributed by atoms with Crippen LogP contribution in [-0.4, -0.2) is 40.3 Å². The number of carbonyl (C=O) groups excluding carboxylic acids is 1. The zero-order valence-electron chi connectivity index (χ0n) is 16.6. The Balaban J connectivity index is 1.66. The number of amides is 1. The second-order valence-electron chi connectivity index (χ2n) is 8.26. The van der Waals surface area contributed by atoms with Crippen LogP contribution in [0.1, 0.15) is 39.2 Å². The summed E-state index contributed by atoms with van der Waals surface area (Å²) in [7, 11) is 1.95. The quantitative estimate of drug-likeness (QED) is 0.901. The molecule has 3 rings (SSSR count). The summed E-state index contributed by atoms with van der Waals surface area (Å²) in [5.74, 6) is 0. The maximum atomic E-state index is 12.7. The van der Waals surface area contributed by atoms with E-state index in [9.17, 15) is 9.59 Å². The van der Waals surface area contributed by atoms with Gasteiger partial charge in [-0.1, -0.05) is 12.1 Å². The summed E-state index contributed by atoms with van der Waals surface area (Å²) in [6.07, 6.45) is 3.53. The number of rotatable bonds is 3. The van der Waals surface area contributed by atoms with E-state index in [-0.39, 0.29) is 17.6 Å². The fourth-order valence-corrected chi connectivity index (χ4v) is 3.52. The average Bonchev–Trinajstić information content (AvgIpc) is 2.62. The molecular formula is C21H29N3O3. The molecule has 1 aliphatic heterocycles. The van der Waals surface area contributed by atoms with Gasteiger partial charge in [0.1, 0.15) is 5.60 Å². The first-order valence-electron chi connectivity index (χ1n) is 9.53. The number of piperidine rings is 1. The van der Waals surface area contributed by atoms with E-state index in [4.69, 9.17) is 4.74 Å². The number of benzene rings is 1. The first-order chi connectivity index (χ1) is 12.7. The Morgan fingerprint density at radius 3 is 2.78 bits per heavy atom. The highest BCUT2D eigenvalue weighted by molar-refractivity contribution is 5.79. The Bertz CT molecular complexity index is 882. The van der Waals surface area contributed by atoms with Gasteiger partial charge in [-0.3, -0.25) is 4.79 Å². The van der Waals surface area contributed by atoms with Gasteiger partial charge in [0.15, 0.2) is 5.43 Å². The van der Waals surface area contributed by atoms with E-state index >= 15 is 0 Å². The topological polar surface area (TPSA) is 63.6 Å². The number of hydrogen-bond acceptors (Lipinski definition) is 4. The van der Waals surface area contributed by atoms with Crippen LogP contribution in [0, 0.1) is 0 Å². The van der Waals surface area contributed by atoms with Crippen molar-refractivity contribution in [3.05, 3.63) is 46.2 Å². The molecule has 1 aliphatic rings. The molecule has 6 heteroatoms. The summed E-state index contributed by atoms with van der Waals surface area (Å²) in [5, 5.41) is 4.19. The van der Waals surface area contributed by atoms with Crippen LogP contribution in [0.2, 0.25) is 0 Å². The minimum atomic E-state index is -0.491. The number of likely N-dealkylation sites (tertiary alicyclic amines) is 1. The number of ether oxygens (including phenoxy) is 1. The van der Waals surface area contributed by atoms with Crippen molar-refractivity contribution in [3.63, 3.8) is 0 Å². The first-order valence-corrected chi connectivity index (χ1v) is 9.53. The summed E-state index contributed by atoms with van der Waals surface area (Å²) in [6.45, 7) is 7.43. The summed E-state index contributed by atoms with van der Waals surface area (Å²) in [5.41, 5.74) is 1.25. The van der Waals surface area contributed by atoms with E-state index in [1.807, 2.05) is 62.8 Å². The molecule has 2 aromatic rings. The Hall–Kier alpha value is -2.34. The van der Waals surface area contributed by atoms with Crippen molar-refractivity contribution in [2.75, 3.05) is 13.1 Å². The van der Waals surface area contributed by atoms with Crippen LogP contribution in [-0.2, 0) is 18.3 Å². The zero-order valence-corrected chi connectivity index (χ0v) is 16.6. The van der Waals surface area contributed by atoms with Crippen LogP contribution in [0.4, 0.5) is 4.79 Å².